The second-order valence-electron chi connectivity index (χ2n) is 3.80. The number of hydrogen-bond acceptors (Lipinski definition) is 4. The minimum absolute atomic E-state index is 0.323. The molecule has 2 unspecified atom stereocenters. The molecule has 0 amide bonds. The molecule has 2 aromatic heterocycles. The van der Waals surface area contributed by atoms with E-state index in [1.165, 1.54) is 11.9 Å². The first-order chi connectivity index (χ1) is 7.34. The molecule has 3 rings (SSSR count). The maximum Gasteiger partial charge on any atom is 0.155 e. The molecule has 2 N–H and O–H groups in total. The van der Waals surface area contributed by atoms with Crippen LogP contribution in [0.3, 0.4) is 0 Å². The molecule has 2 aromatic rings. The summed E-state index contributed by atoms with van der Waals surface area (Å²) < 4.78 is 1.64. The first-order valence-corrected chi connectivity index (χ1v) is 4.91. The third-order valence-corrected chi connectivity index (χ3v) is 2.69. The van der Waals surface area contributed by atoms with E-state index in [1.807, 2.05) is 12.3 Å². The number of nitrogens with zero attached hydrogens (tertiary/aromatic N) is 4. The number of aromatic nitrogens is 4. The molecule has 5 nitrogen and oxygen atoms in total. The maximum atomic E-state index is 5.78. The highest BCUT2D eigenvalue weighted by molar-refractivity contribution is 5.30. The topological polar surface area (TPSA) is 69.6 Å². The Bertz CT molecular complexity index is 447. The van der Waals surface area contributed by atoms with Crippen LogP contribution < -0.4 is 5.73 Å². The molecule has 0 aromatic carbocycles. The van der Waals surface area contributed by atoms with Gasteiger partial charge in [-0.05, 0) is 18.1 Å². The summed E-state index contributed by atoms with van der Waals surface area (Å²) in [6.07, 6.45) is 6.07. The molecule has 0 bridgehead atoms. The van der Waals surface area contributed by atoms with Gasteiger partial charge in [0.1, 0.15) is 12.7 Å². The molecule has 1 fully saturated rings. The molecule has 76 valence electrons. The number of pyridine rings is 1. The second-order valence-corrected chi connectivity index (χ2v) is 3.80. The molecule has 1 aliphatic carbocycles. The lowest BCUT2D eigenvalue weighted by molar-refractivity contribution is 0.840. The van der Waals surface area contributed by atoms with E-state index in [9.17, 15) is 0 Å². The Labute approximate surface area is 87.0 Å². The van der Waals surface area contributed by atoms with E-state index >= 15 is 0 Å². The van der Waals surface area contributed by atoms with Crippen LogP contribution in [-0.2, 0) is 0 Å². The first kappa shape index (κ1) is 8.55. The van der Waals surface area contributed by atoms with E-state index in [1.54, 1.807) is 11.0 Å². The molecule has 2 heterocycles. The van der Waals surface area contributed by atoms with Crippen molar-refractivity contribution in [2.24, 2.45) is 5.73 Å². The number of nitrogens with two attached hydrogens (primary N) is 1. The molecule has 0 radical (unpaired) electrons. The third kappa shape index (κ3) is 1.50. The minimum atomic E-state index is 0.323. The standard InChI is InChI=1S/C10H11N5/c11-9-3-8(9)7-1-2-10(13-4-7)15-6-12-5-14-15/h1-2,4-6,8-9H,3,11H2. The Hall–Kier alpha value is -1.75. The largest absolute Gasteiger partial charge is 0.327 e. The van der Waals surface area contributed by atoms with Crippen molar-refractivity contribution in [1.29, 1.82) is 0 Å². The minimum Gasteiger partial charge on any atom is -0.327 e. The Kier molecular flexibility index (Phi) is 1.78. The second kappa shape index (κ2) is 3.13. The van der Waals surface area contributed by atoms with Crippen LogP contribution in [0.1, 0.15) is 17.9 Å². The monoisotopic (exact) mass is 201 g/mol. The average Bonchev–Trinajstić information content (AvgIpc) is 2.82. The van der Waals surface area contributed by atoms with Crippen LogP contribution in [0, 0.1) is 0 Å². The lowest BCUT2D eigenvalue weighted by Crippen LogP contribution is -2.02. The zero-order valence-electron chi connectivity index (χ0n) is 8.11. The van der Waals surface area contributed by atoms with Gasteiger partial charge in [-0.2, -0.15) is 5.10 Å². The molecule has 1 saturated carbocycles. The fourth-order valence-electron chi connectivity index (χ4n) is 1.68. The predicted molar refractivity (Wildman–Crippen MR) is 54.5 cm³/mol. The van der Waals surface area contributed by atoms with Crippen molar-refractivity contribution in [2.75, 3.05) is 0 Å². The molecule has 0 saturated heterocycles. The van der Waals surface area contributed by atoms with Crippen molar-refractivity contribution in [2.45, 2.75) is 18.4 Å². The molecule has 5 heteroatoms. The highest BCUT2D eigenvalue weighted by Gasteiger charge is 2.34. The summed E-state index contributed by atoms with van der Waals surface area (Å²) in [7, 11) is 0. The van der Waals surface area contributed by atoms with Crippen LogP contribution >= 0.6 is 0 Å². The van der Waals surface area contributed by atoms with Gasteiger partial charge >= 0.3 is 0 Å². The Morgan fingerprint density at radius 2 is 2.27 bits per heavy atom. The summed E-state index contributed by atoms with van der Waals surface area (Å²) in [5.41, 5.74) is 6.99. The van der Waals surface area contributed by atoms with Crippen LogP contribution in [0.15, 0.2) is 31.0 Å². The van der Waals surface area contributed by atoms with Gasteiger partial charge in [0.25, 0.3) is 0 Å². The number of hydrogen-bond donors (Lipinski definition) is 1. The van der Waals surface area contributed by atoms with Gasteiger partial charge in [-0.25, -0.2) is 14.6 Å². The molecule has 15 heavy (non-hydrogen) atoms. The number of rotatable bonds is 2. The lowest BCUT2D eigenvalue weighted by Gasteiger charge is -2.01. The maximum absolute atomic E-state index is 5.78. The summed E-state index contributed by atoms with van der Waals surface area (Å²) in [6, 6.07) is 4.32. The Morgan fingerprint density at radius 3 is 2.80 bits per heavy atom. The molecular formula is C10H11N5. The van der Waals surface area contributed by atoms with Crippen molar-refractivity contribution in [3.63, 3.8) is 0 Å². The van der Waals surface area contributed by atoms with E-state index in [-0.39, 0.29) is 0 Å². The summed E-state index contributed by atoms with van der Waals surface area (Å²) in [6.45, 7) is 0. The third-order valence-electron chi connectivity index (χ3n) is 2.69. The van der Waals surface area contributed by atoms with Gasteiger partial charge in [0.2, 0.25) is 0 Å². The normalized spacial score (nSPS) is 24.1. The van der Waals surface area contributed by atoms with Crippen LogP contribution in [0.25, 0.3) is 5.82 Å². The predicted octanol–water partition coefficient (Wildman–Crippen LogP) is 0.477. The first-order valence-electron chi connectivity index (χ1n) is 4.91. The van der Waals surface area contributed by atoms with E-state index in [0.717, 1.165) is 12.2 Å². The highest BCUT2D eigenvalue weighted by Crippen LogP contribution is 2.38. The zero-order valence-corrected chi connectivity index (χ0v) is 8.11. The van der Waals surface area contributed by atoms with Crippen LogP contribution in [-0.4, -0.2) is 25.8 Å². The summed E-state index contributed by atoms with van der Waals surface area (Å²) in [5, 5.41) is 4.01. The fourth-order valence-corrected chi connectivity index (χ4v) is 1.68. The van der Waals surface area contributed by atoms with Gasteiger partial charge in [-0.15, -0.1) is 0 Å². The summed E-state index contributed by atoms with van der Waals surface area (Å²) in [5.74, 6) is 1.28. The van der Waals surface area contributed by atoms with Crippen molar-refractivity contribution in [1.82, 2.24) is 19.7 Å². The molecule has 0 spiro atoms. The van der Waals surface area contributed by atoms with Gasteiger partial charge in [0, 0.05) is 18.2 Å². The average molecular weight is 201 g/mol. The summed E-state index contributed by atoms with van der Waals surface area (Å²) >= 11 is 0. The van der Waals surface area contributed by atoms with E-state index in [4.69, 9.17) is 5.73 Å². The van der Waals surface area contributed by atoms with Crippen molar-refractivity contribution < 1.29 is 0 Å². The SMILES string of the molecule is NC1CC1c1ccc(-n2cncn2)nc1. The molecular weight excluding hydrogens is 190 g/mol. The Balaban J connectivity index is 1.88. The molecule has 0 aliphatic heterocycles. The van der Waals surface area contributed by atoms with E-state index < -0.39 is 0 Å². The fraction of sp³-hybridized carbons (Fsp3) is 0.300. The Morgan fingerprint density at radius 1 is 1.40 bits per heavy atom. The zero-order chi connectivity index (χ0) is 10.3. The van der Waals surface area contributed by atoms with Crippen LogP contribution in [0.4, 0.5) is 0 Å². The quantitative estimate of drug-likeness (QED) is 0.767. The van der Waals surface area contributed by atoms with Crippen molar-refractivity contribution in [3.8, 4) is 5.82 Å². The van der Waals surface area contributed by atoms with Gasteiger partial charge in [-0.1, -0.05) is 6.07 Å². The van der Waals surface area contributed by atoms with Gasteiger partial charge in [0.05, 0.1) is 0 Å². The van der Waals surface area contributed by atoms with Crippen molar-refractivity contribution >= 4 is 0 Å². The van der Waals surface area contributed by atoms with E-state index in [2.05, 4.69) is 21.1 Å². The smallest absolute Gasteiger partial charge is 0.155 e. The summed E-state index contributed by atoms with van der Waals surface area (Å²) in [4.78, 5) is 8.19. The van der Waals surface area contributed by atoms with Gasteiger partial charge in [0.15, 0.2) is 5.82 Å². The van der Waals surface area contributed by atoms with Crippen molar-refractivity contribution in [3.05, 3.63) is 36.5 Å². The van der Waals surface area contributed by atoms with Crippen LogP contribution in [0.2, 0.25) is 0 Å². The molecule has 1 aliphatic rings. The highest BCUT2D eigenvalue weighted by atomic mass is 15.3. The molecule has 2 atom stereocenters. The van der Waals surface area contributed by atoms with Gasteiger partial charge < -0.3 is 5.73 Å². The van der Waals surface area contributed by atoms with Gasteiger partial charge in [-0.3, -0.25) is 0 Å². The lowest BCUT2D eigenvalue weighted by atomic mass is 10.2. The van der Waals surface area contributed by atoms with E-state index in [0.29, 0.717) is 12.0 Å². The van der Waals surface area contributed by atoms with Crippen LogP contribution in [0.5, 0.6) is 0 Å².